The third-order valence-electron chi connectivity index (χ3n) is 3.47. The van der Waals surface area contributed by atoms with E-state index in [9.17, 15) is 13.2 Å². The number of aryl methyl sites for hydroxylation is 1. The maximum atomic E-state index is 11.9. The Morgan fingerprint density at radius 1 is 1.38 bits per heavy atom. The molecule has 1 aromatic carbocycles. The van der Waals surface area contributed by atoms with Gasteiger partial charge in [-0.1, -0.05) is 6.07 Å². The number of ether oxygens (including phenoxy) is 1. The SMILES string of the molecule is Cc1csc(NC(=O)CN(C)CCCOc2cccc(S(C)(=O)=O)c2)n1. The molecule has 26 heavy (non-hydrogen) atoms. The fraction of sp³-hybridized carbons (Fsp3) is 0.412. The molecule has 0 radical (unpaired) electrons. The van der Waals surface area contributed by atoms with Crippen LogP contribution in [-0.2, 0) is 14.6 Å². The Morgan fingerprint density at radius 2 is 2.15 bits per heavy atom. The minimum Gasteiger partial charge on any atom is -0.494 e. The van der Waals surface area contributed by atoms with Crippen LogP contribution in [0.3, 0.4) is 0 Å². The minimum absolute atomic E-state index is 0.108. The van der Waals surface area contributed by atoms with Gasteiger partial charge in [0.15, 0.2) is 15.0 Å². The summed E-state index contributed by atoms with van der Waals surface area (Å²) in [5.41, 5.74) is 0.885. The van der Waals surface area contributed by atoms with Gasteiger partial charge in [0.1, 0.15) is 5.75 Å². The molecular weight excluding hydrogens is 374 g/mol. The highest BCUT2D eigenvalue weighted by atomic mass is 32.2. The van der Waals surface area contributed by atoms with E-state index in [4.69, 9.17) is 4.74 Å². The molecule has 0 aliphatic carbocycles. The average Bonchev–Trinajstić information content (AvgIpc) is 2.96. The van der Waals surface area contributed by atoms with Crippen LogP contribution in [0.15, 0.2) is 34.5 Å². The third kappa shape index (κ3) is 6.74. The normalized spacial score (nSPS) is 11.5. The zero-order chi connectivity index (χ0) is 19.2. The van der Waals surface area contributed by atoms with Gasteiger partial charge in [0, 0.05) is 18.2 Å². The molecule has 1 aromatic heterocycles. The first-order chi connectivity index (χ1) is 12.2. The molecule has 1 amide bonds. The molecular formula is C17H23N3O4S2. The number of carbonyl (C=O) groups excluding carboxylic acids is 1. The van der Waals surface area contributed by atoms with Crippen molar-refractivity contribution in [3.63, 3.8) is 0 Å². The Morgan fingerprint density at radius 3 is 2.81 bits per heavy atom. The number of hydrogen-bond acceptors (Lipinski definition) is 7. The molecule has 2 rings (SSSR count). The zero-order valence-electron chi connectivity index (χ0n) is 15.1. The number of amides is 1. The number of thiazole rings is 1. The van der Waals surface area contributed by atoms with Crippen LogP contribution in [0.25, 0.3) is 0 Å². The van der Waals surface area contributed by atoms with Gasteiger partial charge in [-0.3, -0.25) is 9.69 Å². The molecule has 0 bridgehead atoms. The minimum atomic E-state index is -3.24. The Bertz CT molecular complexity index is 849. The van der Waals surface area contributed by atoms with Gasteiger partial charge in [-0.25, -0.2) is 13.4 Å². The summed E-state index contributed by atoms with van der Waals surface area (Å²) < 4.78 is 28.7. The number of nitrogens with zero attached hydrogens (tertiary/aromatic N) is 2. The fourth-order valence-electron chi connectivity index (χ4n) is 2.21. The summed E-state index contributed by atoms with van der Waals surface area (Å²) in [6.45, 7) is 3.26. The molecule has 2 aromatic rings. The molecule has 0 fully saturated rings. The van der Waals surface area contributed by atoms with Crippen LogP contribution in [0.4, 0.5) is 5.13 Å². The molecule has 142 valence electrons. The number of anilines is 1. The summed E-state index contributed by atoms with van der Waals surface area (Å²) in [5.74, 6) is 0.413. The van der Waals surface area contributed by atoms with E-state index in [-0.39, 0.29) is 17.3 Å². The molecule has 0 atom stereocenters. The number of rotatable bonds is 9. The van der Waals surface area contributed by atoms with Gasteiger partial charge in [0.05, 0.1) is 23.7 Å². The predicted molar refractivity (Wildman–Crippen MR) is 103 cm³/mol. The van der Waals surface area contributed by atoms with E-state index < -0.39 is 9.84 Å². The highest BCUT2D eigenvalue weighted by Crippen LogP contribution is 2.17. The molecule has 0 aliphatic heterocycles. The Balaban J connectivity index is 1.70. The summed E-state index contributed by atoms with van der Waals surface area (Å²) in [6.07, 6.45) is 1.88. The number of hydrogen-bond donors (Lipinski definition) is 1. The van der Waals surface area contributed by atoms with Crippen molar-refractivity contribution in [3.8, 4) is 5.75 Å². The first-order valence-electron chi connectivity index (χ1n) is 8.07. The second kappa shape index (κ2) is 9.11. The molecule has 1 N–H and O–H groups in total. The van der Waals surface area contributed by atoms with Crippen molar-refractivity contribution >= 4 is 32.2 Å². The lowest BCUT2D eigenvalue weighted by atomic mass is 10.3. The van der Waals surface area contributed by atoms with Gasteiger partial charge in [0.25, 0.3) is 0 Å². The van der Waals surface area contributed by atoms with Crippen LogP contribution < -0.4 is 10.1 Å². The van der Waals surface area contributed by atoms with Gasteiger partial charge in [-0.05, 0) is 38.6 Å². The monoisotopic (exact) mass is 397 g/mol. The van der Waals surface area contributed by atoms with Crippen molar-refractivity contribution < 1.29 is 17.9 Å². The lowest BCUT2D eigenvalue weighted by Gasteiger charge is -2.16. The number of nitrogens with one attached hydrogen (secondary N) is 1. The van der Waals surface area contributed by atoms with E-state index in [2.05, 4.69) is 10.3 Å². The number of benzene rings is 1. The zero-order valence-corrected chi connectivity index (χ0v) is 16.7. The summed E-state index contributed by atoms with van der Waals surface area (Å²) in [6, 6.07) is 6.44. The van der Waals surface area contributed by atoms with Crippen molar-refractivity contribution in [2.24, 2.45) is 0 Å². The molecule has 1 heterocycles. The van der Waals surface area contributed by atoms with E-state index >= 15 is 0 Å². The van der Waals surface area contributed by atoms with E-state index in [1.165, 1.54) is 23.7 Å². The average molecular weight is 398 g/mol. The second-order valence-electron chi connectivity index (χ2n) is 6.03. The summed E-state index contributed by atoms with van der Waals surface area (Å²) in [7, 11) is -1.39. The fourth-order valence-corrected chi connectivity index (χ4v) is 3.57. The van der Waals surface area contributed by atoms with Crippen LogP contribution in [-0.4, -0.2) is 57.2 Å². The number of sulfone groups is 1. The van der Waals surface area contributed by atoms with Crippen molar-refractivity contribution in [1.29, 1.82) is 0 Å². The van der Waals surface area contributed by atoms with Crippen LogP contribution in [0.5, 0.6) is 5.75 Å². The standard InChI is InChI=1S/C17H23N3O4S2/c1-13-12-25-17(18-13)19-16(21)11-20(2)8-5-9-24-14-6-4-7-15(10-14)26(3,22)23/h4,6-7,10,12H,5,8-9,11H2,1-3H3,(H,18,19,21). The highest BCUT2D eigenvalue weighted by Gasteiger charge is 2.10. The lowest BCUT2D eigenvalue weighted by molar-refractivity contribution is -0.117. The Hall–Kier alpha value is -1.97. The molecule has 0 aliphatic rings. The molecule has 0 unspecified atom stereocenters. The Labute approximate surface area is 157 Å². The first-order valence-corrected chi connectivity index (χ1v) is 10.8. The quantitative estimate of drug-likeness (QED) is 0.653. The van der Waals surface area contributed by atoms with Gasteiger partial charge >= 0.3 is 0 Å². The van der Waals surface area contributed by atoms with Crippen molar-refractivity contribution in [3.05, 3.63) is 35.3 Å². The third-order valence-corrected chi connectivity index (χ3v) is 5.45. The molecule has 0 spiro atoms. The maximum Gasteiger partial charge on any atom is 0.240 e. The van der Waals surface area contributed by atoms with Gasteiger partial charge in [-0.15, -0.1) is 11.3 Å². The van der Waals surface area contributed by atoms with Crippen LogP contribution in [0.1, 0.15) is 12.1 Å². The van der Waals surface area contributed by atoms with E-state index in [1.807, 2.05) is 24.3 Å². The van der Waals surface area contributed by atoms with Gasteiger partial charge in [-0.2, -0.15) is 0 Å². The Kier molecular flexibility index (Phi) is 7.13. The van der Waals surface area contributed by atoms with E-state index in [0.29, 0.717) is 30.5 Å². The van der Waals surface area contributed by atoms with Crippen LogP contribution in [0.2, 0.25) is 0 Å². The lowest BCUT2D eigenvalue weighted by Crippen LogP contribution is -2.31. The van der Waals surface area contributed by atoms with Crippen molar-refractivity contribution in [2.75, 3.05) is 38.3 Å². The van der Waals surface area contributed by atoms with E-state index in [1.54, 1.807) is 18.2 Å². The highest BCUT2D eigenvalue weighted by molar-refractivity contribution is 7.90. The first kappa shape index (κ1) is 20.3. The maximum absolute atomic E-state index is 11.9. The summed E-state index contributed by atoms with van der Waals surface area (Å²) in [4.78, 5) is 18.3. The second-order valence-corrected chi connectivity index (χ2v) is 8.90. The van der Waals surface area contributed by atoms with Gasteiger partial charge in [0.2, 0.25) is 5.91 Å². The number of aromatic nitrogens is 1. The van der Waals surface area contributed by atoms with Crippen molar-refractivity contribution in [1.82, 2.24) is 9.88 Å². The molecule has 0 saturated carbocycles. The molecule has 0 saturated heterocycles. The van der Waals surface area contributed by atoms with Gasteiger partial charge < -0.3 is 10.1 Å². The van der Waals surface area contributed by atoms with E-state index in [0.717, 1.165) is 5.69 Å². The molecule has 7 nitrogen and oxygen atoms in total. The number of likely N-dealkylation sites (N-methyl/N-ethyl adjacent to an activating group) is 1. The van der Waals surface area contributed by atoms with Crippen LogP contribution >= 0.6 is 11.3 Å². The summed E-state index contributed by atoms with van der Waals surface area (Å²) in [5, 5.41) is 5.26. The topological polar surface area (TPSA) is 88.6 Å². The smallest absolute Gasteiger partial charge is 0.240 e. The van der Waals surface area contributed by atoms with Crippen LogP contribution in [0, 0.1) is 6.92 Å². The number of carbonyl (C=O) groups is 1. The largest absolute Gasteiger partial charge is 0.494 e. The molecule has 9 heteroatoms. The predicted octanol–water partition coefficient (Wildman–Crippen LogP) is 2.19. The van der Waals surface area contributed by atoms with Crippen molar-refractivity contribution in [2.45, 2.75) is 18.2 Å². The summed E-state index contributed by atoms with van der Waals surface area (Å²) >= 11 is 1.40.